The first-order valence-electron chi connectivity index (χ1n) is 6.99. The number of hydrogen-bond donors (Lipinski definition) is 2. The molecule has 2 aromatic carbocycles. The van der Waals surface area contributed by atoms with Crippen molar-refractivity contribution in [2.75, 3.05) is 12.4 Å². The lowest BCUT2D eigenvalue weighted by Crippen LogP contribution is -3.12. The van der Waals surface area contributed by atoms with Crippen LogP contribution in [0.2, 0.25) is 0 Å². The van der Waals surface area contributed by atoms with Crippen molar-refractivity contribution in [3.8, 4) is 0 Å². The van der Waals surface area contributed by atoms with Gasteiger partial charge in [-0.25, -0.2) is 4.39 Å². The summed E-state index contributed by atoms with van der Waals surface area (Å²) in [6.45, 7) is 2.31. The maximum absolute atomic E-state index is 13.6. The van der Waals surface area contributed by atoms with E-state index in [-0.39, 0.29) is 17.8 Å². The molecule has 0 spiro atoms. The van der Waals surface area contributed by atoms with Gasteiger partial charge in [0.15, 0.2) is 6.04 Å². The molecule has 0 heterocycles. The second kappa shape index (κ2) is 6.99. The molecule has 2 N–H and O–H groups in total. The van der Waals surface area contributed by atoms with Gasteiger partial charge in [-0.05, 0) is 25.1 Å². The Morgan fingerprint density at radius 1 is 1.14 bits per heavy atom. The van der Waals surface area contributed by atoms with E-state index in [1.807, 2.05) is 44.3 Å². The van der Waals surface area contributed by atoms with Crippen molar-refractivity contribution in [3.63, 3.8) is 0 Å². The molecule has 0 saturated carbocycles. The smallest absolute Gasteiger partial charge is 0.282 e. The third kappa shape index (κ3) is 4.13. The standard InChI is InChI=1S/C17H19FN2O/c1-13(17(21)19-15-9-4-3-5-10-15)20(2)12-14-8-6-7-11-16(14)18/h3-11,13H,12H2,1-2H3,(H,19,21)/p+1/t13-/m0/s1. The van der Waals surface area contributed by atoms with E-state index in [0.29, 0.717) is 12.1 Å². The first-order valence-corrected chi connectivity index (χ1v) is 6.99. The third-order valence-electron chi connectivity index (χ3n) is 3.60. The molecule has 0 fully saturated rings. The number of nitrogens with one attached hydrogen (secondary N) is 2. The fraction of sp³-hybridized carbons (Fsp3) is 0.235. The predicted molar refractivity (Wildman–Crippen MR) is 81.5 cm³/mol. The van der Waals surface area contributed by atoms with E-state index in [0.717, 1.165) is 10.6 Å². The van der Waals surface area contributed by atoms with Crippen LogP contribution in [0.15, 0.2) is 54.6 Å². The highest BCUT2D eigenvalue weighted by Gasteiger charge is 2.22. The second-order valence-electron chi connectivity index (χ2n) is 5.19. The van der Waals surface area contributed by atoms with Crippen molar-refractivity contribution < 1.29 is 14.1 Å². The summed E-state index contributed by atoms with van der Waals surface area (Å²) in [5.74, 6) is -0.303. The minimum absolute atomic E-state index is 0.0740. The zero-order valence-corrected chi connectivity index (χ0v) is 12.3. The highest BCUT2D eigenvalue weighted by molar-refractivity contribution is 5.93. The van der Waals surface area contributed by atoms with E-state index in [9.17, 15) is 9.18 Å². The highest BCUT2D eigenvalue weighted by Crippen LogP contribution is 2.06. The monoisotopic (exact) mass is 287 g/mol. The molecule has 2 rings (SSSR count). The summed E-state index contributed by atoms with van der Waals surface area (Å²) < 4.78 is 13.6. The molecule has 0 bridgehead atoms. The summed E-state index contributed by atoms with van der Waals surface area (Å²) in [4.78, 5) is 13.1. The number of benzene rings is 2. The van der Waals surface area contributed by atoms with Crippen LogP contribution in [-0.4, -0.2) is 19.0 Å². The average Bonchev–Trinajstić information content (AvgIpc) is 2.49. The highest BCUT2D eigenvalue weighted by atomic mass is 19.1. The predicted octanol–water partition coefficient (Wildman–Crippen LogP) is 1.87. The van der Waals surface area contributed by atoms with Crippen LogP contribution in [0, 0.1) is 5.82 Å². The quantitative estimate of drug-likeness (QED) is 0.865. The number of rotatable bonds is 5. The number of carbonyl (C=O) groups is 1. The molecule has 0 aliphatic rings. The zero-order chi connectivity index (χ0) is 15.2. The Hall–Kier alpha value is -2.20. The molecular weight excluding hydrogens is 267 g/mol. The van der Waals surface area contributed by atoms with Crippen LogP contribution in [0.1, 0.15) is 12.5 Å². The van der Waals surface area contributed by atoms with Crippen molar-refractivity contribution in [2.45, 2.75) is 19.5 Å². The van der Waals surface area contributed by atoms with Crippen LogP contribution in [0.4, 0.5) is 10.1 Å². The lowest BCUT2D eigenvalue weighted by atomic mass is 10.1. The van der Waals surface area contributed by atoms with Gasteiger partial charge in [-0.1, -0.05) is 36.4 Å². The molecule has 3 nitrogen and oxygen atoms in total. The summed E-state index contributed by atoms with van der Waals surface area (Å²) in [6, 6.07) is 15.7. The molecule has 0 saturated heterocycles. The Balaban J connectivity index is 1.97. The van der Waals surface area contributed by atoms with Gasteiger partial charge in [0, 0.05) is 11.3 Å². The van der Waals surface area contributed by atoms with Gasteiger partial charge >= 0.3 is 0 Å². The van der Waals surface area contributed by atoms with Crippen LogP contribution >= 0.6 is 0 Å². The number of amides is 1. The Labute approximate surface area is 124 Å². The van der Waals surface area contributed by atoms with Crippen molar-refractivity contribution >= 4 is 11.6 Å². The van der Waals surface area contributed by atoms with Gasteiger partial charge in [0.05, 0.1) is 7.05 Å². The van der Waals surface area contributed by atoms with Gasteiger partial charge in [-0.15, -0.1) is 0 Å². The van der Waals surface area contributed by atoms with Gasteiger partial charge in [0.1, 0.15) is 12.4 Å². The van der Waals surface area contributed by atoms with E-state index < -0.39 is 0 Å². The number of anilines is 1. The third-order valence-corrected chi connectivity index (χ3v) is 3.60. The Morgan fingerprint density at radius 2 is 1.76 bits per heavy atom. The van der Waals surface area contributed by atoms with Gasteiger partial charge in [0.25, 0.3) is 5.91 Å². The minimum Gasteiger partial charge on any atom is -0.324 e. The van der Waals surface area contributed by atoms with Crippen LogP contribution in [0.5, 0.6) is 0 Å². The molecule has 2 atom stereocenters. The van der Waals surface area contributed by atoms with Crippen LogP contribution < -0.4 is 10.2 Å². The lowest BCUT2D eigenvalue weighted by molar-refractivity contribution is -0.908. The summed E-state index contributed by atoms with van der Waals surface area (Å²) >= 11 is 0. The van der Waals surface area contributed by atoms with Gasteiger partial charge < -0.3 is 10.2 Å². The maximum atomic E-state index is 13.6. The SMILES string of the molecule is C[C@@H](C(=O)Nc1ccccc1)[NH+](C)Cc1ccccc1F. The lowest BCUT2D eigenvalue weighted by Gasteiger charge is -2.21. The first-order chi connectivity index (χ1) is 10.1. The molecule has 1 amide bonds. The normalized spacial score (nSPS) is 13.5. The molecule has 21 heavy (non-hydrogen) atoms. The van der Waals surface area contributed by atoms with E-state index in [1.54, 1.807) is 18.2 Å². The van der Waals surface area contributed by atoms with E-state index in [2.05, 4.69) is 5.32 Å². The summed E-state index contributed by atoms with van der Waals surface area (Å²) in [5, 5.41) is 2.87. The average molecular weight is 287 g/mol. The maximum Gasteiger partial charge on any atom is 0.282 e. The van der Waals surface area contributed by atoms with E-state index in [1.165, 1.54) is 6.07 Å². The van der Waals surface area contributed by atoms with Gasteiger partial charge in [0.2, 0.25) is 0 Å². The molecule has 0 aliphatic carbocycles. The summed E-state index contributed by atoms with van der Waals surface area (Å²) in [5.41, 5.74) is 1.39. The Bertz CT molecular complexity index is 601. The first kappa shape index (κ1) is 15.2. The fourth-order valence-corrected chi connectivity index (χ4v) is 2.09. The van der Waals surface area contributed by atoms with Crippen LogP contribution in [0.3, 0.4) is 0 Å². The van der Waals surface area contributed by atoms with Crippen LogP contribution in [-0.2, 0) is 11.3 Å². The van der Waals surface area contributed by atoms with Crippen molar-refractivity contribution in [1.29, 1.82) is 0 Å². The molecule has 2 aromatic rings. The van der Waals surface area contributed by atoms with Crippen molar-refractivity contribution in [2.24, 2.45) is 0 Å². The minimum atomic E-state index is -0.273. The number of halogens is 1. The zero-order valence-electron chi connectivity index (χ0n) is 12.3. The van der Waals surface area contributed by atoms with Crippen molar-refractivity contribution in [3.05, 3.63) is 66.0 Å². The Kier molecular flexibility index (Phi) is 5.06. The summed E-state index contributed by atoms with van der Waals surface area (Å²) in [6.07, 6.45) is 0. The number of carbonyl (C=O) groups excluding carboxylic acids is 1. The molecule has 0 aliphatic heterocycles. The molecular formula is C17H20FN2O+. The van der Waals surface area contributed by atoms with E-state index >= 15 is 0 Å². The number of para-hydroxylation sites is 1. The van der Waals surface area contributed by atoms with Crippen LogP contribution in [0.25, 0.3) is 0 Å². The van der Waals surface area contributed by atoms with Crippen molar-refractivity contribution in [1.82, 2.24) is 0 Å². The molecule has 0 radical (unpaired) electrons. The number of quaternary nitrogens is 1. The second-order valence-corrected chi connectivity index (χ2v) is 5.19. The summed E-state index contributed by atoms with van der Waals surface area (Å²) in [7, 11) is 1.89. The largest absolute Gasteiger partial charge is 0.324 e. The Morgan fingerprint density at radius 3 is 2.43 bits per heavy atom. The molecule has 1 unspecified atom stereocenters. The number of hydrogen-bond acceptors (Lipinski definition) is 1. The van der Waals surface area contributed by atoms with Gasteiger partial charge in [-0.2, -0.15) is 0 Å². The molecule has 110 valence electrons. The molecule has 0 aromatic heterocycles. The topological polar surface area (TPSA) is 33.5 Å². The molecule has 4 heteroatoms. The number of likely N-dealkylation sites (N-methyl/N-ethyl adjacent to an activating group) is 1. The van der Waals surface area contributed by atoms with Gasteiger partial charge in [-0.3, -0.25) is 4.79 Å². The fourth-order valence-electron chi connectivity index (χ4n) is 2.09. The van der Waals surface area contributed by atoms with E-state index in [4.69, 9.17) is 0 Å².